The first-order valence-corrected chi connectivity index (χ1v) is 4.79. The summed E-state index contributed by atoms with van der Waals surface area (Å²) < 4.78 is 23.6. The van der Waals surface area contributed by atoms with E-state index in [1.807, 2.05) is 0 Å². The van der Waals surface area contributed by atoms with Crippen LogP contribution in [0.15, 0.2) is 0 Å². The van der Waals surface area contributed by atoms with Gasteiger partial charge in [0.25, 0.3) is 6.43 Å². The fraction of sp³-hybridized carbons (Fsp3) is 1.00. The highest BCUT2D eigenvalue weighted by atomic mass is 35.5. The Bertz CT molecular complexity index is 132. The van der Waals surface area contributed by atoms with Crippen LogP contribution in [0, 0.1) is 0 Å². The highest BCUT2D eigenvalue weighted by molar-refractivity contribution is 6.21. The predicted octanol–water partition coefficient (Wildman–Crippen LogP) is 2.39. The predicted molar refractivity (Wildman–Crippen MR) is 45.9 cm³/mol. The van der Waals surface area contributed by atoms with Gasteiger partial charge in [0.1, 0.15) is 0 Å². The topological polar surface area (TPSA) is 12.0 Å². The van der Waals surface area contributed by atoms with E-state index < -0.39 is 6.43 Å². The van der Waals surface area contributed by atoms with Crippen molar-refractivity contribution in [1.82, 2.24) is 5.32 Å². The van der Waals surface area contributed by atoms with E-state index in [0.29, 0.717) is 0 Å². The average molecular weight is 198 g/mol. The van der Waals surface area contributed by atoms with Crippen molar-refractivity contribution in [3.8, 4) is 0 Å². The number of rotatable bonds is 3. The Morgan fingerprint density at radius 3 is 2.58 bits per heavy atom. The van der Waals surface area contributed by atoms with E-state index in [1.165, 1.54) is 0 Å². The van der Waals surface area contributed by atoms with Gasteiger partial charge in [0.15, 0.2) is 0 Å². The number of hydrogen-bond donors (Lipinski definition) is 1. The van der Waals surface area contributed by atoms with Crippen LogP contribution in [0.5, 0.6) is 0 Å². The molecule has 0 saturated heterocycles. The van der Waals surface area contributed by atoms with E-state index in [2.05, 4.69) is 5.32 Å². The maximum Gasteiger partial charge on any atom is 0.250 e. The average Bonchev–Trinajstić information content (AvgIpc) is 2.03. The molecule has 0 radical (unpaired) electrons. The molecule has 0 amide bonds. The van der Waals surface area contributed by atoms with Crippen LogP contribution in [0.4, 0.5) is 8.78 Å². The number of hydrogen-bond acceptors (Lipinski definition) is 1. The smallest absolute Gasteiger partial charge is 0.250 e. The van der Waals surface area contributed by atoms with Crippen molar-refractivity contribution in [2.24, 2.45) is 0 Å². The summed E-state index contributed by atoms with van der Waals surface area (Å²) in [6.07, 6.45) is 1.84. The standard InChI is InChI=1S/C8H14ClF2N/c9-6-3-1-2-4-7(6)12-5-8(10)11/h6-8,12H,1-5H2. The van der Waals surface area contributed by atoms with E-state index in [0.717, 1.165) is 25.7 Å². The fourth-order valence-electron chi connectivity index (χ4n) is 1.56. The molecule has 12 heavy (non-hydrogen) atoms. The summed E-state index contributed by atoms with van der Waals surface area (Å²) in [7, 11) is 0. The molecule has 4 heteroatoms. The Labute approximate surface area is 76.5 Å². The Kier molecular flexibility index (Phi) is 4.22. The third kappa shape index (κ3) is 3.23. The second-order valence-corrected chi connectivity index (χ2v) is 3.77. The summed E-state index contributed by atoms with van der Waals surface area (Å²) in [4.78, 5) is 0. The minimum Gasteiger partial charge on any atom is -0.307 e. The first-order chi connectivity index (χ1) is 5.70. The summed E-state index contributed by atoms with van der Waals surface area (Å²) in [6.45, 7) is -0.228. The van der Waals surface area contributed by atoms with Gasteiger partial charge < -0.3 is 5.32 Å². The molecule has 1 rings (SSSR count). The monoisotopic (exact) mass is 197 g/mol. The third-order valence-electron chi connectivity index (χ3n) is 2.22. The lowest BCUT2D eigenvalue weighted by molar-refractivity contribution is 0.138. The molecule has 72 valence electrons. The molecule has 1 aliphatic carbocycles. The molecule has 0 spiro atoms. The van der Waals surface area contributed by atoms with Crippen molar-refractivity contribution in [2.75, 3.05) is 6.54 Å². The molecule has 2 atom stereocenters. The summed E-state index contributed by atoms with van der Waals surface area (Å²) in [5, 5.41) is 2.83. The normalized spacial score (nSPS) is 31.0. The van der Waals surface area contributed by atoms with Crippen LogP contribution in [0.3, 0.4) is 0 Å². The van der Waals surface area contributed by atoms with E-state index in [-0.39, 0.29) is 18.0 Å². The summed E-state index contributed by atoms with van der Waals surface area (Å²) in [6, 6.07) is 0.0921. The van der Waals surface area contributed by atoms with Gasteiger partial charge in [0, 0.05) is 11.4 Å². The van der Waals surface area contributed by atoms with Crippen molar-refractivity contribution in [2.45, 2.75) is 43.5 Å². The quantitative estimate of drug-likeness (QED) is 0.686. The van der Waals surface area contributed by atoms with E-state index >= 15 is 0 Å². The summed E-state index contributed by atoms with van der Waals surface area (Å²) in [5.74, 6) is 0. The molecule has 0 aromatic heterocycles. The lowest BCUT2D eigenvalue weighted by Gasteiger charge is -2.27. The van der Waals surface area contributed by atoms with Crippen LogP contribution in [0.25, 0.3) is 0 Å². The number of halogens is 3. The Balaban J connectivity index is 2.20. The largest absolute Gasteiger partial charge is 0.307 e. The number of nitrogens with one attached hydrogen (secondary N) is 1. The van der Waals surface area contributed by atoms with Crippen LogP contribution < -0.4 is 5.32 Å². The first kappa shape index (κ1) is 10.2. The van der Waals surface area contributed by atoms with Crippen LogP contribution in [-0.4, -0.2) is 24.4 Å². The van der Waals surface area contributed by atoms with Gasteiger partial charge in [-0.2, -0.15) is 0 Å². The van der Waals surface area contributed by atoms with E-state index in [9.17, 15) is 8.78 Å². The molecule has 1 nitrogen and oxygen atoms in total. The first-order valence-electron chi connectivity index (χ1n) is 4.35. The highest BCUT2D eigenvalue weighted by Crippen LogP contribution is 2.22. The molecule has 0 aliphatic heterocycles. The molecule has 0 heterocycles. The van der Waals surface area contributed by atoms with Crippen molar-refractivity contribution in [3.05, 3.63) is 0 Å². The van der Waals surface area contributed by atoms with Crippen LogP contribution in [-0.2, 0) is 0 Å². The Morgan fingerprint density at radius 2 is 2.00 bits per heavy atom. The van der Waals surface area contributed by atoms with Crippen molar-refractivity contribution in [3.63, 3.8) is 0 Å². The van der Waals surface area contributed by atoms with E-state index in [1.54, 1.807) is 0 Å². The van der Waals surface area contributed by atoms with Gasteiger partial charge in [-0.25, -0.2) is 8.78 Å². The molecular formula is C8H14ClF2N. The third-order valence-corrected chi connectivity index (χ3v) is 2.74. The van der Waals surface area contributed by atoms with Gasteiger partial charge in [0.05, 0.1) is 6.54 Å². The van der Waals surface area contributed by atoms with Gasteiger partial charge in [-0.3, -0.25) is 0 Å². The minimum absolute atomic E-state index is 0.0394. The Morgan fingerprint density at radius 1 is 1.33 bits per heavy atom. The molecule has 1 fully saturated rings. The second-order valence-electron chi connectivity index (χ2n) is 3.21. The molecule has 0 bridgehead atoms. The van der Waals surface area contributed by atoms with Gasteiger partial charge in [0.2, 0.25) is 0 Å². The van der Waals surface area contributed by atoms with Crippen LogP contribution in [0.2, 0.25) is 0 Å². The SMILES string of the molecule is FC(F)CNC1CCCCC1Cl. The van der Waals surface area contributed by atoms with Gasteiger partial charge in [-0.1, -0.05) is 12.8 Å². The molecule has 2 unspecified atom stereocenters. The minimum atomic E-state index is -2.27. The van der Waals surface area contributed by atoms with Crippen molar-refractivity contribution < 1.29 is 8.78 Å². The molecular weight excluding hydrogens is 184 g/mol. The summed E-state index contributed by atoms with van der Waals surface area (Å²) >= 11 is 5.96. The fourth-order valence-corrected chi connectivity index (χ4v) is 1.93. The second kappa shape index (κ2) is 4.97. The zero-order valence-electron chi connectivity index (χ0n) is 6.90. The van der Waals surface area contributed by atoms with Crippen molar-refractivity contribution in [1.29, 1.82) is 0 Å². The Hall–Kier alpha value is 0.110. The van der Waals surface area contributed by atoms with Gasteiger partial charge in [-0.15, -0.1) is 11.6 Å². The number of alkyl halides is 3. The molecule has 1 saturated carbocycles. The lowest BCUT2D eigenvalue weighted by atomic mass is 9.95. The maximum absolute atomic E-state index is 11.8. The molecule has 1 N–H and O–H groups in total. The van der Waals surface area contributed by atoms with Crippen LogP contribution in [0.1, 0.15) is 25.7 Å². The zero-order chi connectivity index (χ0) is 8.97. The van der Waals surface area contributed by atoms with Crippen molar-refractivity contribution >= 4 is 11.6 Å². The van der Waals surface area contributed by atoms with Gasteiger partial charge in [-0.05, 0) is 12.8 Å². The van der Waals surface area contributed by atoms with E-state index in [4.69, 9.17) is 11.6 Å². The lowest BCUT2D eigenvalue weighted by Crippen LogP contribution is -2.41. The molecule has 0 aromatic rings. The zero-order valence-corrected chi connectivity index (χ0v) is 7.66. The highest BCUT2D eigenvalue weighted by Gasteiger charge is 2.23. The summed E-state index contributed by atoms with van der Waals surface area (Å²) in [5.41, 5.74) is 0. The molecule has 0 aromatic carbocycles. The van der Waals surface area contributed by atoms with Crippen LogP contribution >= 0.6 is 11.6 Å². The molecule has 1 aliphatic rings. The van der Waals surface area contributed by atoms with Gasteiger partial charge >= 0.3 is 0 Å². The maximum atomic E-state index is 11.8.